The lowest BCUT2D eigenvalue weighted by atomic mass is 10.3. The smallest absolute Gasteiger partial charge is 0.208 e. The second kappa shape index (κ2) is 6.77. The van der Waals surface area contributed by atoms with Gasteiger partial charge in [-0.05, 0) is 43.2 Å². The molecule has 0 saturated heterocycles. The van der Waals surface area contributed by atoms with E-state index in [1.165, 1.54) is 18.2 Å². The molecule has 7 heteroatoms. The topological polar surface area (TPSA) is 46.2 Å². The van der Waals surface area contributed by atoms with Crippen LogP contribution in [0.3, 0.4) is 0 Å². The molecule has 112 valence electrons. The fraction of sp³-hybridized carbons (Fsp3) is 0.538. The lowest BCUT2D eigenvalue weighted by molar-refractivity contribution is 0.537. The predicted molar refractivity (Wildman–Crippen MR) is 84.0 cm³/mol. The van der Waals surface area contributed by atoms with Gasteiger partial charge in [-0.3, -0.25) is 0 Å². The fourth-order valence-corrected chi connectivity index (χ4v) is 5.23. The summed E-state index contributed by atoms with van der Waals surface area (Å²) in [7, 11) is -3.78. The molecule has 0 aliphatic heterocycles. The van der Waals surface area contributed by atoms with Crippen LogP contribution in [0.25, 0.3) is 0 Å². The Morgan fingerprint density at radius 3 is 2.85 bits per heavy atom. The predicted octanol–water partition coefficient (Wildman–Crippen LogP) is 3.54. The summed E-state index contributed by atoms with van der Waals surface area (Å²) in [6.07, 6.45) is 2.64. The molecule has 1 N–H and O–H groups in total. The van der Waals surface area contributed by atoms with Crippen LogP contribution in [0.1, 0.15) is 26.2 Å². The van der Waals surface area contributed by atoms with Crippen LogP contribution < -0.4 is 4.72 Å². The molecule has 1 aromatic carbocycles. The minimum absolute atomic E-state index is 0.0907. The minimum atomic E-state index is -3.78. The molecule has 0 radical (unpaired) electrons. The normalized spacial score (nSPS) is 23.1. The summed E-state index contributed by atoms with van der Waals surface area (Å²) in [4.78, 5) is -0.285. The van der Waals surface area contributed by atoms with Gasteiger partial charge in [-0.25, -0.2) is 17.5 Å². The van der Waals surface area contributed by atoms with Gasteiger partial charge < -0.3 is 0 Å². The second-order valence-electron chi connectivity index (χ2n) is 4.78. The van der Waals surface area contributed by atoms with Gasteiger partial charge in [-0.2, -0.15) is 11.8 Å². The summed E-state index contributed by atoms with van der Waals surface area (Å²) < 4.78 is 41.3. The average Bonchev–Trinajstić information content (AvgIpc) is 2.75. The molecule has 0 amide bonds. The molecule has 0 spiro atoms. The van der Waals surface area contributed by atoms with Gasteiger partial charge in [0.05, 0.1) is 0 Å². The van der Waals surface area contributed by atoms with Crippen molar-refractivity contribution in [2.75, 3.05) is 5.75 Å². The molecule has 20 heavy (non-hydrogen) atoms. The number of benzene rings is 1. The maximum Gasteiger partial charge on any atom is 0.243 e. The van der Waals surface area contributed by atoms with Crippen LogP contribution in [-0.4, -0.2) is 25.5 Å². The van der Waals surface area contributed by atoms with E-state index in [0.717, 1.165) is 25.0 Å². The molecule has 1 fully saturated rings. The van der Waals surface area contributed by atoms with Gasteiger partial charge in [0.15, 0.2) is 0 Å². The number of hydrogen-bond donors (Lipinski definition) is 1. The third-order valence-corrected chi connectivity index (χ3v) is 6.57. The molecule has 0 bridgehead atoms. The van der Waals surface area contributed by atoms with Gasteiger partial charge in [0.25, 0.3) is 0 Å². The largest absolute Gasteiger partial charge is 0.243 e. The first kappa shape index (κ1) is 16.3. The zero-order chi connectivity index (χ0) is 14.8. The molecule has 1 saturated carbocycles. The van der Waals surface area contributed by atoms with Crippen LogP contribution in [0.2, 0.25) is 0 Å². The van der Waals surface area contributed by atoms with E-state index < -0.39 is 15.8 Å². The lowest BCUT2D eigenvalue weighted by Crippen LogP contribution is -2.33. The Hall–Kier alpha value is -0.110. The van der Waals surface area contributed by atoms with Gasteiger partial charge in [-0.15, -0.1) is 0 Å². The Kier molecular flexibility index (Phi) is 5.50. The van der Waals surface area contributed by atoms with Crippen molar-refractivity contribution in [1.29, 1.82) is 0 Å². The molecular weight excluding hydrogens is 365 g/mol. The lowest BCUT2D eigenvalue weighted by Gasteiger charge is -2.14. The highest BCUT2D eigenvalue weighted by Crippen LogP contribution is 2.30. The molecule has 2 rings (SSSR count). The van der Waals surface area contributed by atoms with Gasteiger partial charge in [0.1, 0.15) is 10.7 Å². The van der Waals surface area contributed by atoms with Crippen molar-refractivity contribution in [3.8, 4) is 0 Å². The molecule has 2 atom stereocenters. The van der Waals surface area contributed by atoms with E-state index in [1.807, 2.05) is 11.8 Å². The van der Waals surface area contributed by atoms with Gasteiger partial charge in [0.2, 0.25) is 10.0 Å². The van der Waals surface area contributed by atoms with E-state index in [1.54, 1.807) is 0 Å². The van der Waals surface area contributed by atoms with Crippen molar-refractivity contribution >= 4 is 37.7 Å². The summed E-state index contributed by atoms with van der Waals surface area (Å²) >= 11 is 4.97. The molecule has 1 aromatic rings. The van der Waals surface area contributed by atoms with Crippen LogP contribution in [0.5, 0.6) is 0 Å². The summed E-state index contributed by atoms with van der Waals surface area (Å²) in [5.41, 5.74) is 0. The Morgan fingerprint density at radius 1 is 1.45 bits per heavy atom. The number of thioether (sulfide) groups is 1. The van der Waals surface area contributed by atoms with Crippen molar-refractivity contribution in [3.05, 3.63) is 28.5 Å². The number of rotatable bonds is 5. The number of nitrogens with one attached hydrogen (secondary N) is 1. The van der Waals surface area contributed by atoms with Crippen LogP contribution in [0.15, 0.2) is 27.6 Å². The first-order valence-corrected chi connectivity index (χ1v) is 9.84. The molecule has 0 heterocycles. The van der Waals surface area contributed by atoms with E-state index in [4.69, 9.17) is 0 Å². The van der Waals surface area contributed by atoms with E-state index >= 15 is 0 Å². The Labute approximate surface area is 131 Å². The monoisotopic (exact) mass is 381 g/mol. The summed E-state index contributed by atoms with van der Waals surface area (Å²) in [5, 5.41) is 0.502. The fourth-order valence-electron chi connectivity index (χ4n) is 2.41. The number of hydrogen-bond acceptors (Lipinski definition) is 3. The Morgan fingerprint density at radius 2 is 2.20 bits per heavy atom. The van der Waals surface area contributed by atoms with Crippen LogP contribution in [0, 0.1) is 5.82 Å². The van der Waals surface area contributed by atoms with Gasteiger partial charge in [-0.1, -0.05) is 22.9 Å². The van der Waals surface area contributed by atoms with Crippen LogP contribution in [0.4, 0.5) is 4.39 Å². The van der Waals surface area contributed by atoms with E-state index in [0.29, 0.717) is 9.72 Å². The standard InChI is InChI=1S/C13H17BrFNO2S2/c1-2-19-11-5-4-10(8-11)16-20(17,18)13-6-3-9(14)7-12(13)15/h3,6-7,10-11,16H,2,4-5,8H2,1H3. The maximum absolute atomic E-state index is 13.8. The molecule has 3 nitrogen and oxygen atoms in total. The highest BCUT2D eigenvalue weighted by Gasteiger charge is 2.29. The average molecular weight is 382 g/mol. The molecule has 2 unspecified atom stereocenters. The number of sulfonamides is 1. The zero-order valence-electron chi connectivity index (χ0n) is 11.1. The summed E-state index contributed by atoms with van der Waals surface area (Å²) in [6, 6.07) is 3.89. The molecular formula is C13H17BrFNO2S2. The van der Waals surface area contributed by atoms with E-state index in [-0.39, 0.29) is 10.9 Å². The summed E-state index contributed by atoms with van der Waals surface area (Å²) in [6.45, 7) is 2.10. The molecule has 0 aromatic heterocycles. The second-order valence-corrected chi connectivity index (χ2v) is 8.96. The Bertz CT molecular complexity index is 580. The first-order valence-electron chi connectivity index (χ1n) is 6.51. The van der Waals surface area contributed by atoms with Crippen molar-refractivity contribution in [1.82, 2.24) is 4.72 Å². The third kappa shape index (κ3) is 3.96. The van der Waals surface area contributed by atoms with Crippen LogP contribution in [-0.2, 0) is 10.0 Å². The maximum atomic E-state index is 13.8. The zero-order valence-corrected chi connectivity index (χ0v) is 14.3. The highest BCUT2D eigenvalue weighted by molar-refractivity contribution is 9.10. The quantitative estimate of drug-likeness (QED) is 0.848. The highest BCUT2D eigenvalue weighted by atomic mass is 79.9. The molecule has 1 aliphatic carbocycles. The SMILES string of the molecule is CCSC1CCC(NS(=O)(=O)c2ccc(Br)cc2F)C1. The number of halogens is 2. The third-order valence-electron chi connectivity index (χ3n) is 3.29. The van der Waals surface area contributed by atoms with E-state index in [9.17, 15) is 12.8 Å². The van der Waals surface area contributed by atoms with Crippen molar-refractivity contribution in [2.45, 2.75) is 42.4 Å². The van der Waals surface area contributed by atoms with E-state index in [2.05, 4.69) is 27.6 Å². The van der Waals surface area contributed by atoms with Gasteiger partial charge in [0, 0.05) is 15.8 Å². The Balaban J connectivity index is 2.08. The first-order chi connectivity index (χ1) is 9.42. The van der Waals surface area contributed by atoms with Gasteiger partial charge >= 0.3 is 0 Å². The molecule has 1 aliphatic rings. The summed E-state index contributed by atoms with van der Waals surface area (Å²) in [5.74, 6) is 0.301. The van der Waals surface area contributed by atoms with Crippen molar-refractivity contribution in [3.63, 3.8) is 0 Å². The van der Waals surface area contributed by atoms with Crippen LogP contribution >= 0.6 is 27.7 Å². The minimum Gasteiger partial charge on any atom is -0.208 e. The van der Waals surface area contributed by atoms with Crippen molar-refractivity contribution in [2.24, 2.45) is 0 Å². The van der Waals surface area contributed by atoms with Crippen molar-refractivity contribution < 1.29 is 12.8 Å².